The molecule has 1 N–H and O–H groups in total. The Kier molecular flexibility index (Phi) is 3.66. The summed E-state index contributed by atoms with van der Waals surface area (Å²) in [6, 6.07) is 10.8. The van der Waals surface area contributed by atoms with Crippen LogP contribution in [0.25, 0.3) is 0 Å². The summed E-state index contributed by atoms with van der Waals surface area (Å²) in [6.07, 6.45) is 4.63. The topological polar surface area (TPSA) is 78.5 Å². The number of hydrogen-bond donors (Lipinski definition) is 1. The van der Waals surface area contributed by atoms with Gasteiger partial charge in [0.1, 0.15) is 6.61 Å². The van der Waals surface area contributed by atoms with Gasteiger partial charge in [-0.2, -0.15) is 5.10 Å². The number of carbonyl (C=O) groups excluding carboxylic acids is 1. The molecule has 1 aliphatic rings. The molecule has 3 aromatic rings. The Bertz CT molecular complexity index is 841. The van der Waals surface area contributed by atoms with E-state index in [1.807, 2.05) is 24.3 Å². The van der Waals surface area contributed by atoms with Crippen molar-refractivity contribution in [2.45, 2.75) is 12.6 Å². The average molecular weight is 325 g/mol. The summed E-state index contributed by atoms with van der Waals surface area (Å²) in [7, 11) is 0. The van der Waals surface area contributed by atoms with Crippen LogP contribution in [-0.4, -0.2) is 28.4 Å². The number of aromatic nitrogens is 2. The minimum Gasteiger partial charge on any atom is -0.486 e. The van der Waals surface area contributed by atoms with E-state index in [2.05, 4.69) is 10.4 Å². The summed E-state index contributed by atoms with van der Waals surface area (Å²) in [5.41, 5.74) is 0.591. The monoisotopic (exact) mass is 325 g/mol. The SMILES string of the molecule is O=C(Nc1cnn(CC2COc3ccccc3O2)c1)c1ccco1. The quantitative estimate of drug-likeness (QED) is 0.797. The lowest BCUT2D eigenvalue weighted by molar-refractivity contribution is 0.0759. The van der Waals surface area contributed by atoms with E-state index in [0.717, 1.165) is 11.5 Å². The van der Waals surface area contributed by atoms with Crippen LogP contribution in [0.3, 0.4) is 0 Å². The Morgan fingerprint density at radius 2 is 2.12 bits per heavy atom. The molecule has 24 heavy (non-hydrogen) atoms. The average Bonchev–Trinajstić information content (AvgIpc) is 3.27. The molecule has 0 bridgehead atoms. The van der Waals surface area contributed by atoms with Crippen LogP contribution in [0, 0.1) is 0 Å². The number of amides is 1. The minimum absolute atomic E-state index is 0.145. The minimum atomic E-state index is -0.314. The molecule has 7 nitrogen and oxygen atoms in total. The Hall–Kier alpha value is -3.22. The van der Waals surface area contributed by atoms with E-state index in [9.17, 15) is 4.79 Å². The maximum Gasteiger partial charge on any atom is 0.291 e. The number of fused-ring (bicyclic) bond motifs is 1. The van der Waals surface area contributed by atoms with E-state index in [-0.39, 0.29) is 17.8 Å². The van der Waals surface area contributed by atoms with Crippen molar-refractivity contribution in [3.05, 3.63) is 60.8 Å². The van der Waals surface area contributed by atoms with Gasteiger partial charge in [0.25, 0.3) is 5.91 Å². The van der Waals surface area contributed by atoms with E-state index in [4.69, 9.17) is 13.9 Å². The van der Waals surface area contributed by atoms with Gasteiger partial charge < -0.3 is 19.2 Å². The van der Waals surface area contributed by atoms with Crippen molar-refractivity contribution < 1.29 is 18.7 Å². The first-order valence-electron chi connectivity index (χ1n) is 7.54. The fourth-order valence-corrected chi connectivity index (χ4v) is 2.49. The Morgan fingerprint density at radius 1 is 1.25 bits per heavy atom. The van der Waals surface area contributed by atoms with E-state index >= 15 is 0 Å². The molecule has 2 aromatic heterocycles. The van der Waals surface area contributed by atoms with E-state index in [1.54, 1.807) is 29.2 Å². The number of nitrogens with zero attached hydrogens (tertiary/aromatic N) is 2. The van der Waals surface area contributed by atoms with Gasteiger partial charge in [-0.05, 0) is 24.3 Å². The van der Waals surface area contributed by atoms with Crippen molar-refractivity contribution >= 4 is 11.6 Å². The summed E-state index contributed by atoms with van der Waals surface area (Å²) >= 11 is 0. The highest BCUT2D eigenvalue weighted by Crippen LogP contribution is 2.31. The van der Waals surface area contributed by atoms with Gasteiger partial charge in [-0.25, -0.2) is 0 Å². The number of ether oxygens (including phenoxy) is 2. The summed E-state index contributed by atoms with van der Waals surface area (Å²) in [5, 5.41) is 6.97. The number of nitrogens with one attached hydrogen (secondary N) is 1. The second-order valence-electron chi connectivity index (χ2n) is 5.38. The van der Waals surface area contributed by atoms with Crippen molar-refractivity contribution in [2.24, 2.45) is 0 Å². The standard InChI is InChI=1S/C17H15N3O4/c21-17(16-6-3-7-22-16)19-12-8-18-20(9-12)10-13-11-23-14-4-1-2-5-15(14)24-13/h1-9,13H,10-11H2,(H,19,21). The van der Waals surface area contributed by atoms with E-state index in [0.29, 0.717) is 18.8 Å². The van der Waals surface area contributed by atoms with Crippen LogP contribution in [-0.2, 0) is 6.54 Å². The molecule has 1 aromatic carbocycles. The van der Waals surface area contributed by atoms with Crippen LogP contribution in [0.1, 0.15) is 10.6 Å². The fraction of sp³-hybridized carbons (Fsp3) is 0.176. The van der Waals surface area contributed by atoms with Crippen molar-refractivity contribution in [1.82, 2.24) is 9.78 Å². The lowest BCUT2D eigenvalue weighted by Crippen LogP contribution is -2.33. The number of furan rings is 1. The molecule has 0 fully saturated rings. The van der Waals surface area contributed by atoms with E-state index in [1.165, 1.54) is 6.26 Å². The Labute approximate surface area is 137 Å². The Balaban J connectivity index is 1.38. The maximum absolute atomic E-state index is 11.9. The first-order chi connectivity index (χ1) is 11.8. The molecule has 1 atom stereocenters. The smallest absolute Gasteiger partial charge is 0.291 e. The van der Waals surface area contributed by atoms with Crippen LogP contribution >= 0.6 is 0 Å². The molecule has 122 valence electrons. The van der Waals surface area contributed by atoms with Crippen molar-refractivity contribution in [2.75, 3.05) is 11.9 Å². The van der Waals surface area contributed by atoms with Gasteiger partial charge >= 0.3 is 0 Å². The molecule has 1 amide bonds. The zero-order valence-corrected chi connectivity index (χ0v) is 12.7. The normalized spacial score (nSPS) is 15.9. The van der Waals surface area contributed by atoms with Crippen LogP contribution in [0.5, 0.6) is 11.5 Å². The highest BCUT2D eigenvalue weighted by molar-refractivity contribution is 6.02. The number of hydrogen-bond acceptors (Lipinski definition) is 5. The van der Waals surface area contributed by atoms with Crippen LogP contribution in [0.15, 0.2) is 59.5 Å². The van der Waals surface area contributed by atoms with E-state index < -0.39 is 0 Å². The highest BCUT2D eigenvalue weighted by Gasteiger charge is 2.21. The van der Waals surface area contributed by atoms with Gasteiger partial charge in [-0.1, -0.05) is 12.1 Å². The lowest BCUT2D eigenvalue weighted by Gasteiger charge is -2.26. The highest BCUT2D eigenvalue weighted by atomic mass is 16.6. The van der Waals surface area contributed by atoms with Gasteiger partial charge in [0.15, 0.2) is 23.4 Å². The molecule has 7 heteroatoms. The molecule has 1 unspecified atom stereocenters. The zero-order chi connectivity index (χ0) is 16.4. The molecular formula is C17H15N3O4. The molecule has 0 radical (unpaired) electrons. The van der Waals surface area contributed by atoms with Gasteiger partial charge in [0.05, 0.1) is 24.7 Å². The lowest BCUT2D eigenvalue weighted by atomic mass is 10.2. The third kappa shape index (κ3) is 2.96. The van der Waals surface area contributed by atoms with Gasteiger partial charge in [0.2, 0.25) is 0 Å². The molecule has 0 spiro atoms. The molecule has 3 heterocycles. The largest absolute Gasteiger partial charge is 0.486 e. The predicted molar refractivity (Wildman–Crippen MR) is 85.2 cm³/mol. The van der Waals surface area contributed by atoms with Gasteiger partial charge in [-0.3, -0.25) is 9.48 Å². The number of anilines is 1. The van der Waals surface area contributed by atoms with Crippen molar-refractivity contribution in [3.8, 4) is 11.5 Å². The van der Waals surface area contributed by atoms with Crippen LogP contribution in [0.4, 0.5) is 5.69 Å². The molecule has 1 aliphatic heterocycles. The maximum atomic E-state index is 11.9. The number of benzene rings is 1. The zero-order valence-electron chi connectivity index (χ0n) is 12.7. The summed E-state index contributed by atoms with van der Waals surface area (Å²) in [6.45, 7) is 0.968. The molecule has 0 saturated carbocycles. The fourth-order valence-electron chi connectivity index (χ4n) is 2.49. The first-order valence-corrected chi connectivity index (χ1v) is 7.54. The first kappa shape index (κ1) is 14.4. The second-order valence-corrected chi connectivity index (χ2v) is 5.38. The molecular weight excluding hydrogens is 310 g/mol. The Morgan fingerprint density at radius 3 is 2.96 bits per heavy atom. The van der Waals surface area contributed by atoms with Crippen LogP contribution in [0.2, 0.25) is 0 Å². The summed E-state index contributed by atoms with van der Waals surface area (Å²) in [5.74, 6) is 1.42. The number of para-hydroxylation sites is 2. The molecule has 0 aliphatic carbocycles. The van der Waals surface area contributed by atoms with Crippen molar-refractivity contribution in [1.29, 1.82) is 0 Å². The predicted octanol–water partition coefficient (Wildman–Crippen LogP) is 2.57. The van der Waals surface area contributed by atoms with Gasteiger partial charge in [-0.15, -0.1) is 0 Å². The number of carbonyl (C=O) groups is 1. The summed E-state index contributed by atoms with van der Waals surface area (Å²) in [4.78, 5) is 11.9. The number of rotatable bonds is 4. The van der Waals surface area contributed by atoms with Crippen molar-refractivity contribution in [3.63, 3.8) is 0 Å². The third-order valence-electron chi connectivity index (χ3n) is 3.59. The van der Waals surface area contributed by atoms with Gasteiger partial charge in [0, 0.05) is 6.20 Å². The third-order valence-corrected chi connectivity index (χ3v) is 3.59. The molecule has 4 rings (SSSR count). The summed E-state index contributed by atoms with van der Waals surface area (Å²) < 4.78 is 18.3. The second kappa shape index (κ2) is 6.11. The molecule has 0 saturated heterocycles. The van der Waals surface area contributed by atoms with Crippen LogP contribution < -0.4 is 14.8 Å².